The monoisotopic (exact) mass is 400 g/mol. The summed E-state index contributed by atoms with van der Waals surface area (Å²) >= 11 is 3.48. The molecule has 3 rings (SSSR count). The third kappa shape index (κ3) is 3.82. The van der Waals surface area contributed by atoms with Gasteiger partial charge in [-0.1, -0.05) is 40.2 Å². The lowest BCUT2D eigenvalue weighted by Crippen LogP contribution is -2.13. The molecule has 2 aromatic carbocycles. The first kappa shape index (κ1) is 17.4. The lowest BCUT2D eigenvalue weighted by molar-refractivity contribution is 0.0999. The normalized spacial score (nSPS) is 10.8. The van der Waals surface area contributed by atoms with Crippen LogP contribution in [0.25, 0.3) is 11.3 Å². The van der Waals surface area contributed by atoms with Gasteiger partial charge in [-0.05, 0) is 54.8 Å². The molecular weight excluding hydrogens is 383 g/mol. The Balaban J connectivity index is 1.98. The molecule has 3 aromatic rings. The Kier molecular flexibility index (Phi) is 5.04. The van der Waals surface area contributed by atoms with Crippen molar-refractivity contribution >= 4 is 21.8 Å². The van der Waals surface area contributed by atoms with Gasteiger partial charge >= 0.3 is 0 Å². The fourth-order valence-corrected chi connectivity index (χ4v) is 3.36. The average molecular weight is 401 g/mol. The average Bonchev–Trinajstić information content (AvgIpc) is 2.91. The van der Waals surface area contributed by atoms with Crippen LogP contribution in [0.5, 0.6) is 0 Å². The number of carbonyl (C=O) groups excluding carboxylic acids is 1. The molecule has 0 aliphatic rings. The molecule has 0 saturated carbocycles. The number of amides is 1. The van der Waals surface area contributed by atoms with Crippen molar-refractivity contribution in [2.24, 2.45) is 5.73 Å². The van der Waals surface area contributed by atoms with Crippen molar-refractivity contribution in [3.8, 4) is 11.3 Å². The zero-order chi connectivity index (χ0) is 18.0. The predicted molar refractivity (Wildman–Crippen MR) is 101 cm³/mol. The van der Waals surface area contributed by atoms with Crippen LogP contribution in [0.3, 0.4) is 0 Å². The summed E-state index contributed by atoms with van der Waals surface area (Å²) < 4.78 is 16.1. The third-order valence-electron chi connectivity index (χ3n) is 4.29. The first-order chi connectivity index (χ1) is 12.0. The van der Waals surface area contributed by atoms with Crippen LogP contribution in [0.1, 0.15) is 21.6 Å². The lowest BCUT2D eigenvalue weighted by Gasteiger charge is -2.12. The third-order valence-corrected chi connectivity index (χ3v) is 4.78. The summed E-state index contributed by atoms with van der Waals surface area (Å²) in [6, 6.07) is 16.2. The van der Waals surface area contributed by atoms with Gasteiger partial charge in [0.25, 0.3) is 5.91 Å². The highest BCUT2D eigenvalue weighted by Gasteiger charge is 2.16. The van der Waals surface area contributed by atoms with Gasteiger partial charge in [-0.2, -0.15) is 0 Å². The molecule has 1 heterocycles. The van der Waals surface area contributed by atoms with Crippen LogP contribution >= 0.6 is 15.9 Å². The second-order valence-electron chi connectivity index (χ2n) is 5.93. The van der Waals surface area contributed by atoms with Gasteiger partial charge in [0, 0.05) is 22.4 Å². The highest BCUT2D eigenvalue weighted by atomic mass is 79.9. The van der Waals surface area contributed by atoms with E-state index in [0.29, 0.717) is 12.1 Å². The van der Waals surface area contributed by atoms with E-state index in [1.54, 1.807) is 12.1 Å². The van der Waals surface area contributed by atoms with E-state index in [9.17, 15) is 9.18 Å². The Morgan fingerprint density at radius 2 is 1.88 bits per heavy atom. The standard InChI is InChI=1S/C20H18BrFN2O/c1-13-18(20(23)25)12-19(15-3-2-4-16(21)11-15)24(13)10-9-14-5-7-17(22)8-6-14/h2-8,11-12H,9-10H2,1H3,(H2,23,25). The van der Waals surface area contributed by atoms with Crippen LogP contribution in [-0.2, 0) is 13.0 Å². The summed E-state index contributed by atoms with van der Waals surface area (Å²) in [5.74, 6) is -0.680. The number of nitrogens with two attached hydrogens (primary N) is 1. The number of hydrogen-bond donors (Lipinski definition) is 1. The van der Waals surface area contributed by atoms with Crippen LogP contribution < -0.4 is 5.73 Å². The van der Waals surface area contributed by atoms with Gasteiger partial charge in [-0.15, -0.1) is 0 Å². The van der Waals surface area contributed by atoms with E-state index in [1.807, 2.05) is 37.3 Å². The summed E-state index contributed by atoms with van der Waals surface area (Å²) in [6.07, 6.45) is 0.731. The van der Waals surface area contributed by atoms with Gasteiger partial charge in [0.15, 0.2) is 0 Å². The Labute approximate surface area is 154 Å². The van der Waals surface area contributed by atoms with Gasteiger partial charge in [0.2, 0.25) is 0 Å². The number of halogens is 2. The molecule has 0 radical (unpaired) electrons. The number of hydrogen-bond acceptors (Lipinski definition) is 1. The largest absolute Gasteiger partial charge is 0.366 e. The number of benzene rings is 2. The highest BCUT2D eigenvalue weighted by Crippen LogP contribution is 2.28. The van der Waals surface area contributed by atoms with Crippen LogP contribution in [0, 0.1) is 12.7 Å². The van der Waals surface area contributed by atoms with Gasteiger partial charge in [0.05, 0.1) is 5.56 Å². The predicted octanol–water partition coefficient (Wildman–Crippen LogP) is 4.71. The number of aryl methyl sites for hydroxylation is 1. The van der Waals surface area contributed by atoms with Crippen LogP contribution in [-0.4, -0.2) is 10.5 Å². The van der Waals surface area contributed by atoms with Crippen molar-refractivity contribution < 1.29 is 9.18 Å². The molecule has 0 aliphatic carbocycles. The maximum atomic E-state index is 13.1. The van der Waals surface area contributed by atoms with Gasteiger partial charge in [-0.25, -0.2) is 4.39 Å². The van der Waals surface area contributed by atoms with Crippen molar-refractivity contribution in [2.45, 2.75) is 19.9 Å². The molecule has 2 N–H and O–H groups in total. The van der Waals surface area contributed by atoms with Gasteiger partial charge in [-0.3, -0.25) is 4.79 Å². The number of rotatable bonds is 5. The van der Waals surface area contributed by atoms with Crippen molar-refractivity contribution in [1.82, 2.24) is 4.57 Å². The van der Waals surface area contributed by atoms with E-state index < -0.39 is 5.91 Å². The van der Waals surface area contributed by atoms with Crippen LogP contribution in [0.4, 0.5) is 4.39 Å². The van der Waals surface area contributed by atoms with Crippen molar-refractivity contribution in [3.63, 3.8) is 0 Å². The summed E-state index contributed by atoms with van der Waals surface area (Å²) in [7, 11) is 0. The molecule has 0 unspecified atom stereocenters. The van der Waals surface area contributed by atoms with Crippen molar-refractivity contribution in [2.75, 3.05) is 0 Å². The fourth-order valence-electron chi connectivity index (χ4n) is 2.96. The number of carbonyl (C=O) groups is 1. The molecular formula is C20H18BrFN2O. The summed E-state index contributed by atoms with van der Waals surface area (Å²) in [5, 5.41) is 0. The Bertz CT molecular complexity index is 916. The molecule has 0 spiro atoms. The molecule has 3 nitrogen and oxygen atoms in total. The van der Waals surface area contributed by atoms with E-state index in [2.05, 4.69) is 20.5 Å². The summed E-state index contributed by atoms with van der Waals surface area (Å²) in [6.45, 7) is 2.57. The van der Waals surface area contributed by atoms with Crippen molar-refractivity contribution in [1.29, 1.82) is 0 Å². The van der Waals surface area contributed by atoms with E-state index in [0.717, 1.165) is 33.4 Å². The quantitative estimate of drug-likeness (QED) is 0.662. The van der Waals surface area contributed by atoms with Gasteiger partial charge in [0.1, 0.15) is 5.82 Å². The lowest BCUT2D eigenvalue weighted by atomic mass is 10.1. The molecule has 1 aromatic heterocycles. The Morgan fingerprint density at radius 3 is 2.52 bits per heavy atom. The van der Waals surface area contributed by atoms with E-state index >= 15 is 0 Å². The van der Waals surface area contributed by atoms with Crippen LogP contribution in [0.15, 0.2) is 59.1 Å². The summed E-state index contributed by atoms with van der Waals surface area (Å²) in [5.41, 5.74) is 9.87. The zero-order valence-electron chi connectivity index (χ0n) is 13.8. The van der Waals surface area contributed by atoms with E-state index in [-0.39, 0.29) is 5.82 Å². The van der Waals surface area contributed by atoms with E-state index in [4.69, 9.17) is 5.73 Å². The molecule has 0 atom stereocenters. The highest BCUT2D eigenvalue weighted by molar-refractivity contribution is 9.10. The molecule has 1 amide bonds. The second kappa shape index (κ2) is 7.23. The molecule has 0 aliphatic heterocycles. The molecule has 128 valence electrons. The molecule has 0 saturated heterocycles. The SMILES string of the molecule is Cc1c(C(N)=O)cc(-c2cccc(Br)c2)n1CCc1ccc(F)cc1. The molecule has 0 bridgehead atoms. The number of nitrogens with zero attached hydrogens (tertiary/aromatic N) is 1. The minimum absolute atomic E-state index is 0.244. The minimum atomic E-state index is -0.436. The fraction of sp³-hybridized carbons (Fsp3) is 0.150. The zero-order valence-corrected chi connectivity index (χ0v) is 15.4. The second-order valence-corrected chi connectivity index (χ2v) is 6.85. The first-order valence-electron chi connectivity index (χ1n) is 7.96. The minimum Gasteiger partial charge on any atom is -0.366 e. The molecule has 0 fully saturated rings. The maximum absolute atomic E-state index is 13.1. The van der Waals surface area contributed by atoms with Crippen molar-refractivity contribution in [3.05, 3.63) is 81.7 Å². The number of aromatic nitrogens is 1. The first-order valence-corrected chi connectivity index (χ1v) is 8.75. The topological polar surface area (TPSA) is 48.0 Å². The number of primary amides is 1. The molecule has 25 heavy (non-hydrogen) atoms. The summed E-state index contributed by atoms with van der Waals surface area (Å²) in [4.78, 5) is 11.8. The van der Waals surface area contributed by atoms with Crippen LogP contribution in [0.2, 0.25) is 0 Å². The Morgan fingerprint density at radius 1 is 1.16 bits per heavy atom. The smallest absolute Gasteiger partial charge is 0.250 e. The maximum Gasteiger partial charge on any atom is 0.250 e. The van der Waals surface area contributed by atoms with Gasteiger partial charge < -0.3 is 10.3 Å². The Hall–Kier alpha value is -2.40. The van der Waals surface area contributed by atoms with E-state index in [1.165, 1.54) is 12.1 Å². The molecule has 5 heteroatoms.